The molecule has 2 aromatic heterocycles. The minimum Gasteiger partial charge on any atom is -0.361 e. The highest BCUT2D eigenvalue weighted by molar-refractivity contribution is 7.88. The monoisotopic (exact) mass is 373 g/mol. The van der Waals surface area contributed by atoms with Gasteiger partial charge in [0.2, 0.25) is 10.0 Å². The molecule has 0 unspecified atom stereocenters. The van der Waals surface area contributed by atoms with Crippen molar-refractivity contribution >= 4 is 20.9 Å². The van der Waals surface area contributed by atoms with Crippen molar-refractivity contribution in [3.8, 4) is 0 Å². The van der Waals surface area contributed by atoms with Crippen LogP contribution in [0.3, 0.4) is 0 Å². The van der Waals surface area contributed by atoms with E-state index < -0.39 is 10.0 Å². The zero-order valence-corrected chi connectivity index (χ0v) is 15.5. The fraction of sp³-hybridized carbons (Fsp3) is 0.389. The molecule has 0 spiro atoms. The Bertz CT molecular complexity index is 1010. The number of aromatic nitrogens is 3. The van der Waals surface area contributed by atoms with Crippen molar-refractivity contribution in [1.29, 1.82) is 0 Å². The van der Waals surface area contributed by atoms with Crippen molar-refractivity contribution in [3.63, 3.8) is 0 Å². The summed E-state index contributed by atoms with van der Waals surface area (Å²) in [5.41, 5.74) is 3.62. The van der Waals surface area contributed by atoms with Gasteiger partial charge in [0, 0.05) is 55.5 Å². The molecule has 138 valence electrons. The van der Waals surface area contributed by atoms with Gasteiger partial charge in [0.1, 0.15) is 0 Å². The molecule has 8 heteroatoms. The Morgan fingerprint density at radius 1 is 1.35 bits per heavy atom. The lowest BCUT2D eigenvalue weighted by Gasteiger charge is -2.34. The topological polar surface area (TPSA) is 83.0 Å². The van der Waals surface area contributed by atoms with E-state index in [0.717, 1.165) is 31.6 Å². The molecule has 1 aromatic carbocycles. The second-order valence-electron chi connectivity index (χ2n) is 6.93. The van der Waals surface area contributed by atoms with Crippen LogP contribution in [0.4, 0.5) is 0 Å². The molecule has 0 amide bonds. The first-order chi connectivity index (χ1) is 12.5. The van der Waals surface area contributed by atoms with Gasteiger partial charge in [-0.15, -0.1) is 0 Å². The van der Waals surface area contributed by atoms with Crippen LogP contribution in [0.25, 0.3) is 10.9 Å². The molecular formula is C18H23N5O2S. The number of H-pyrrole nitrogens is 1. The van der Waals surface area contributed by atoms with Crippen molar-refractivity contribution in [1.82, 2.24) is 24.2 Å². The maximum atomic E-state index is 11.3. The van der Waals surface area contributed by atoms with Crippen molar-refractivity contribution in [2.24, 2.45) is 0 Å². The Morgan fingerprint density at radius 2 is 2.23 bits per heavy atom. The van der Waals surface area contributed by atoms with Gasteiger partial charge in [-0.3, -0.25) is 4.90 Å². The average Bonchev–Trinajstić information content (AvgIpc) is 3.22. The van der Waals surface area contributed by atoms with Crippen molar-refractivity contribution in [2.45, 2.75) is 25.6 Å². The maximum Gasteiger partial charge on any atom is 0.208 e. The molecule has 26 heavy (non-hydrogen) atoms. The number of aromatic amines is 1. The molecule has 4 rings (SSSR count). The third kappa shape index (κ3) is 3.67. The lowest BCUT2D eigenvalue weighted by atomic mass is 10.1. The largest absolute Gasteiger partial charge is 0.361 e. The number of hydrogen-bond acceptors (Lipinski definition) is 4. The molecule has 0 fully saturated rings. The molecule has 1 aliphatic rings. The van der Waals surface area contributed by atoms with E-state index in [0.29, 0.717) is 6.54 Å². The molecule has 0 aliphatic carbocycles. The van der Waals surface area contributed by atoms with Crippen molar-refractivity contribution < 1.29 is 8.42 Å². The molecule has 0 radical (unpaired) electrons. The number of fused-ring (bicyclic) bond motifs is 2. The minimum absolute atomic E-state index is 0.209. The van der Waals surface area contributed by atoms with Gasteiger partial charge in [0.15, 0.2) is 0 Å². The molecule has 7 nitrogen and oxygen atoms in total. The smallest absolute Gasteiger partial charge is 0.208 e. The zero-order valence-electron chi connectivity index (χ0n) is 14.7. The number of nitrogens with one attached hydrogen (secondary N) is 2. The van der Waals surface area contributed by atoms with E-state index in [1.54, 1.807) is 0 Å². The van der Waals surface area contributed by atoms with Gasteiger partial charge in [0.05, 0.1) is 18.3 Å². The van der Waals surface area contributed by atoms with E-state index in [9.17, 15) is 8.42 Å². The Labute approximate surface area is 153 Å². The number of sulfonamides is 1. The number of rotatable bonds is 6. The van der Waals surface area contributed by atoms with Crippen LogP contribution in [-0.4, -0.2) is 47.2 Å². The van der Waals surface area contributed by atoms with Crippen LogP contribution in [0.5, 0.6) is 0 Å². The molecule has 0 saturated carbocycles. The van der Waals surface area contributed by atoms with Gasteiger partial charge in [-0.05, 0) is 24.1 Å². The van der Waals surface area contributed by atoms with Crippen LogP contribution >= 0.6 is 0 Å². The Balaban J connectivity index is 1.51. The number of hydrogen-bond donors (Lipinski definition) is 2. The summed E-state index contributed by atoms with van der Waals surface area (Å²) >= 11 is 0. The molecule has 1 atom stereocenters. The van der Waals surface area contributed by atoms with Gasteiger partial charge in [-0.1, -0.05) is 12.1 Å². The first-order valence-electron chi connectivity index (χ1n) is 8.72. The van der Waals surface area contributed by atoms with Crippen LogP contribution in [-0.2, 0) is 23.1 Å². The maximum absolute atomic E-state index is 11.3. The summed E-state index contributed by atoms with van der Waals surface area (Å²) in [7, 11) is -3.16. The van der Waals surface area contributed by atoms with Crippen LogP contribution in [0.2, 0.25) is 0 Å². The van der Waals surface area contributed by atoms with Gasteiger partial charge in [-0.2, -0.15) is 0 Å². The van der Waals surface area contributed by atoms with Gasteiger partial charge in [0.25, 0.3) is 0 Å². The first-order valence-corrected chi connectivity index (χ1v) is 10.6. The quantitative estimate of drug-likeness (QED) is 0.691. The fourth-order valence-corrected chi connectivity index (χ4v) is 4.24. The van der Waals surface area contributed by atoms with Crippen LogP contribution in [0.1, 0.15) is 23.7 Å². The number of nitrogens with zero attached hydrogens (tertiary/aromatic N) is 3. The molecule has 3 heterocycles. The zero-order chi connectivity index (χ0) is 18.1. The van der Waals surface area contributed by atoms with E-state index in [-0.39, 0.29) is 6.04 Å². The third-order valence-electron chi connectivity index (χ3n) is 4.92. The van der Waals surface area contributed by atoms with E-state index >= 15 is 0 Å². The second-order valence-corrected chi connectivity index (χ2v) is 8.76. The lowest BCUT2D eigenvalue weighted by Crippen LogP contribution is -2.38. The lowest BCUT2D eigenvalue weighted by molar-refractivity contribution is 0.173. The molecule has 1 aliphatic heterocycles. The third-order valence-corrected chi connectivity index (χ3v) is 5.64. The Morgan fingerprint density at radius 3 is 3.08 bits per heavy atom. The minimum atomic E-state index is -3.16. The summed E-state index contributed by atoms with van der Waals surface area (Å²) in [4.78, 5) is 9.96. The fourth-order valence-electron chi connectivity index (χ4n) is 3.75. The van der Waals surface area contributed by atoms with E-state index in [1.807, 2.05) is 18.7 Å². The van der Waals surface area contributed by atoms with Crippen LogP contribution < -0.4 is 4.72 Å². The Hall–Kier alpha value is -2.16. The summed E-state index contributed by atoms with van der Waals surface area (Å²) in [5, 5.41) is 1.25. The predicted molar refractivity (Wildman–Crippen MR) is 101 cm³/mol. The Kier molecular flexibility index (Phi) is 4.56. The highest BCUT2D eigenvalue weighted by Gasteiger charge is 2.25. The summed E-state index contributed by atoms with van der Waals surface area (Å²) in [6.07, 6.45) is 7.66. The van der Waals surface area contributed by atoms with Crippen molar-refractivity contribution in [3.05, 3.63) is 54.2 Å². The standard InChI is InChI=1S/C18H23N5O2S/c1-26(24,25)21-8-5-15-11-22(12-16-9-19-13-23(15)16)10-14-3-2-4-18-17(14)6-7-20-18/h2-4,6-7,9,13,15,20-21H,5,8,10-12H2,1H3/t15-/m0/s1. The van der Waals surface area contributed by atoms with Gasteiger partial charge >= 0.3 is 0 Å². The molecule has 0 saturated heterocycles. The summed E-state index contributed by atoms with van der Waals surface area (Å²) in [5.74, 6) is 0. The van der Waals surface area contributed by atoms with Crippen LogP contribution in [0.15, 0.2) is 43.0 Å². The molecule has 0 bridgehead atoms. The van der Waals surface area contributed by atoms with Crippen LogP contribution in [0, 0.1) is 0 Å². The summed E-state index contributed by atoms with van der Waals surface area (Å²) in [6.45, 7) is 3.01. The summed E-state index contributed by atoms with van der Waals surface area (Å²) in [6, 6.07) is 8.66. The van der Waals surface area contributed by atoms with E-state index in [2.05, 4.69) is 48.4 Å². The molecular weight excluding hydrogens is 350 g/mol. The van der Waals surface area contributed by atoms with E-state index in [4.69, 9.17) is 0 Å². The second kappa shape index (κ2) is 6.86. The predicted octanol–water partition coefficient (Wildman–Crippen LogP) is 1.86. The highest BCUT2D eigenvalue weighted by atomic mass is 32.2. The average molecular weight is 373 g/mol. The van der Waals surface area contributed by atoms with Crippen molar-refractivity contribution in [2.75, 3.05) is 19.3 Å². The first kappa shape index (κ1) is 17.3. The number of imidazole rings is 1. The van der Waals surface area contributed by atoms with Gasteiger partial charge < -0.3 is 9.55 Å². The molecule has 2 N–H and O–H groups in total. The number of benzene rings is 1. The summed E-state index contributed by atoms with van der Waals surface area (Å²) < 4.78 is 27.4. The SMILES string of the molecule is CS(=O)(=O)NCC[C@H]1CN(Cc2cccc3[nH]ccc23)Cc2cncn21. The normalized spacial score (nSPS) is 18.3. The molecule has 3 aromatic rings. The van der Waals surface area contributed by atoms with Gasteiger partial charge in [-0.25, -0.2) is 18.1 Å². The highest BCUT2D eigenvalue weighted by Crippen LogP contribution is 2.26. The van der Waals surface area contributed by atoms with E-state index in [1.165, 1.54) is 22.9 Å².